The summed E-state index contributed by atoms with van der Waals surface area (Å²) in [4.78, 5) is 23.8. The molecule has 0 aliphatic carbocycles. The van der Waals surface area contributed by atoms with Crippen LogP contribution in [0.3, 0.4) is 0 Å². The van der Waals surface area contributed by atoms with Gasteiger partial charge in [-0.3, -0.25) is 4.84 Å². The van der Waals surface area contributed by atoms with E-state index in [0.717, 1.165) is 11.3 Å². The molecule has 0 saturated carbocycles. The predicted octanol–water partition coefficient (Wildman–Crippen LogP) is 3.89. The Kier molecular flexibility index (Phi) is 5.34. The Labute approximate surface area is 152 Å². The fraction of sp³-hybridized carbons (Fsp3) is 0.200. The van der Waals surface area contributed by atoms with Crippen molar-refractivity contribution in [1.82, 2.24) is 15.4 Å². The molecule has 26 heavy (non-hydrogen) atoms. The quantitative estimate of drug-likeness (QED) is 0.611. The summed E-state index contributed by atoms with van der Waals surface area (Å²) in [7, 11) is 1.39. The molecule has 134 valence electrons. The highest BCUT2D eigenvalue weighted by Crippen LogP contribution is 2.34. The monoisotopic (exact) mass is 350 g/mol. The molecular formula is C20H22N4O2. The number of amides is 2. The molecule has 0 aliphatic heterocycles. The van der Waals surface area contributed by atoms with Crippen molar-refractivity contribution in [2.24, 2.45) is 0 Å². The van der Waals surface area contributed by atoms with Crippen molar-refractivity contribution in [3.63, 3.8) is 0 Å². The van der Waals surface area contributed by atoms with E-state index in [-0.39, 0.29) is 5.92 Å². The zero-order valence-corrected chi connectivity index (χ0v) is 15.0. The number of carbonyl (C=O) groups is 1. The van der Waals surface area contributed by atoms with Crippen molar-refractivity contribution in [3.05, 3.63) is 82.9 Å². The van der Waals surface area contributed by atoms with Crippen LogP contribution < -0.4 is 10.8 Å². The summed E-state index contributed by atoms with van der Waals surface area (Å²) in [6.07, 6.45) is 3.52. The lowest BCUT2D eigenvalue weighted by Crippen LogP contribution is -2.27. The SMILES string of the molecule is CONC(=O)Nc1cccc(C(c2cnc[nH]2)c2cccc(C)c2C)c1. The average Bonchev–Trinajstić information content (AvgIpc) is 3.14. The predicted molar refractivity (Wildman–Crippen MR) is 101 cm³/mol. The molecule has 3 N–H and O–H groups in total. The number of imidazole rings is 1. The molecule has 0 radical (unpaired) electrons. The molecule has 6 nitrogen and oxygen atoms in total. The number of hydrogen-bond acceptors (Lipinski definition) is 3. The summed E-state index contributed by atoms with van der Waals surface area (Å²) < 4.78 is 0. The van der Waals surface area contributed by atoms with Gasteiger partial charge >= 0.3 is 6.03 Å². The number of nitrogens with one attached hydrogen (secondary N) is 3. The summed E-state index contributed by atoms with van der Waals surface area (Å²) >= 11 is 0. The van der Waals surface area contributed by atoms with E-state index in [1.54, 1.807) is 6.33 Å². The molecule has 2 aromatic carbocycles. The fourth-order valence-corrected chi connectivity index (χ4v) is 3.08. The van der Waals surface area contributed by atoms with E-state index in [4.69, 9.17) is 0 Å². The highest BCUT2D eigenvalue weighted by molar-refractivity contribution is 5.88. The van der Waals surface area contributed by atoms with Crippen LogP contribution in [0.1, 0.15) is 33.9 Å². The van der Waals surface area contributed by atoms with Crippen molar-refractivity contribution < 1.29 is 9.63 Å². The third-order valence-electron chi connectivity index (χ3n) is 4.46. The number of benzene rings is 2. The summed E-state index contributed by atoms with van der Waals surface area (Å²) in [5, 5.41) is 2.76. The van der Waals surface area contributed by atoms with Crippen LogP contribution in [0.4, 0.5) is 10.5 Å². The van der Waals surface area contributed by atoms with Crippen LogP contribution in [0, 0.1) is 13.8 Å². The average molecular weight is 350 g/mol. The normalized spacial score (nSPS) is 11.8. The summed E-state index contributed by atoms with van der Waals surface area (Å²) in [6, 6.07) is 13.7. The Morgan fingerprint density at radius 2 is 2.00 bits per heavy atom. The number of urea groups is 1. The van der Waals surface area contributed by atoms with Crippen LogP contribution in [0.25, 0.3) is 0 Å². The number of nitrogens with zero attached hydrogens (tertiary/aromatic N) is 1. The van der Waals surface area contributed by atoms with Crippen LogP contribution in [-0.2, 0) is 4.84 Å². The van der Waals surface area contributed by atoms with Crippen LogP contribution >= 0.6 is 0 Å². The molecule has 1 atom stereocenters. The van der Waals surface area contributed by atoms with Gasteiger partial charge in [-0.15, -0.1) is 0 Å². The Bertz CT molecular complexity index is 891. The second-order valence-corrected chi connectivity index (χ2v) is 6.11. The number of anilines is 1. The van der Waals surface area contributed by atoms with Crippen LogP contribution in [0.5, 0.6) is 0 Å². The maximum absolute atomic E-state index is 11.7. The van der Waals surface area contributed by atoms with Gasteiger partial charge < -0.3 is 10.3 Å². The lowest BCUT2D eigenvalue weighted by atomic mass is 9.85. The van der Waals surface area contributed by atoms with Crippen LogP contribution in [0.2, 0.25) is 0 Å². The number of aromatic amines is 1. The van der Waals surface area contributed by atoms with Crippen molar-refractivity contribution in [3.8, 4) is 0 Å². The van der Waals surface area contributed by atoms with E-state index in [9.17, 15) is 4.79 Å². The number of hydroxylamine groups is 1. The molecule has 0 bridgehead atoms. The zero-order valence-electron chi connectivity index (χ0n) is 15.0. The molecule has 1 heterocycles. The van der Waals surface area contributed by atoms with E-state index in [2.05, 4.69) is 57.6 Å². The topological polar surface area (TPSA) is 79.0 Å². The van der Waals surface area contributed by atoms with Crippen LogP contribution in [0.15, 0.2) is 55.0 Å². The number of hydrogen-bond donors (Lipinski definition) is 3. The number of aryl methyl sites for hydroxylation is 1. The Balaban J connectivity index is 2.04. The first-order valence-corrected chi connectivity index (χ1v) is 8.34. The van der Waals surface area contributed by atoms with E-state index in [1.165, 1.54) is 23.8 Å². The van der Waals surface area contributed by atoms with E-state index in [1.807, 2.05) is 30.5 Å². The van der Waals surface area contributed by atoms with E-state index < -0.39 is 6.03 Å². The molecule has 0 aliphatic rings. The van der Waals surface area contributed by atoms with Gasteiger partial charge in [0.15, 0.2) is 0 Å². The Morgan fingerprint density at radius 3 is 2.73 bits per heavy atom. The fourth-order valence-electron chi connectivity index (χ4n) is 3.08. The molecule has 0 saturated heterocycles. The number of rotatable bonds is 5. The maximum Gasteiger partial charge on any atom is 0.343 e. The summed E-state index contributed by atoms with van der Waals surface area (Å²) in [5.74, 6) is -0.00960. The highest BCUT2D eigenvalue weighted by Gasteiger charge is 2.21. The van der Waals surface area contributed by atoms with Crippen LogP contribution in [-0.4, -0.2) is 23.1 Å². The number of aromatic nitrogens is 2. The molecule has 2 amide bonds. The third kappa shape index (κ3) is 3.75. The lowest BCUT2D eigenvalue weighted by molar-refractivity contribution is 0.114. The second kappa shape index (κ2) is 7.84. The van der Waals surface area contributed by atoms with Gasteiger partial charge in [-0.1, -0.05) is 30.3 Å². The molecule has 6 heteroatoms. The first kappa shape index (κ1) is 17.7. The minimum Gasteiger partial charge on any atom is -0.348 e. The van der Waals surface area contributed by atoms with E-state index >= 15 is 0 Å². The molecular weight excluding hydrogens is 328 g/mol. The van der Waals surface area contributed by atoms with Gasteiger partial charge in [0, 0.05) is 17.6 Å². The second-order valence-electron chi connectivity index (χ2n) is 6.11. The zero-order chi connectivity index (χ0) is 18.5. The van der Waals surface area contributed by atoms with Crippen molar-refractivity contribution in [2.45, 2.75) is 19.8 Å². The van der Waals surface area contributed by atoms with Gasteiger partial charge in [0.05, 0.1) is 19.4 Å². The maximum atomic E-state index is 11.7. The Hall–Kier alpha value is -3.12. The molecule has 3 aromatic rings. The molecule has 3 rings (SSSR count). The van der Waals surface area contributed by atoms with Gasteiger partial charge in [-0.05, 0) is 48.2 Å². The van der Waals surface area contributed by atoms with Gasteiger partial charge in [-0.25, -0.2) is 15.3 Å². The molecule has 1 unspecified atom stereocenters. The first-order valence-electron chi connectivity index (χ1n) is 8.34. The van der Waals surface area contributed by atoms with Gasteiger partial charge in [0.25, 0.3) is 0 Å². The number of carbonyl (C=O) groups excluding carboxylic acids is 1. The Morgan fingerprint density at radius 1 is 1.19 bits per heavy atom. The number of H-pyrrole nitrogens is 1. The van der Waals surface area contributed by atoms with Gasteiger partial charge in [0.2, 0.25) is 0 Å². The van der Waals surface area contributed by atoms with Gasteiger partial charge in [-0.2, -0.15) is 0 Å². The van der Waals surface area contributed by atoms with Crippen molar-refractivity contribution >= 4 is 11.7 Å². The van der Waals surface area contributed by atoms with Crippen molar-refractivity contribution in [1.29, 1.82) is 0 Å². The molecule has 1 aromatic heterocycles. The summed E-state index contributed by atoms with van der Waals surface area (Å²) in [6.45, 7) is 4.23. The highest BCUT2D eigenvalue weighted by atomic mass is 16.6. The lowest BCUT2D eigenvalue weighted by Gasteiger charge is -2.21. The third-order valence-corrected chi connectivity index (χ3v) is 4.46. The molecule has 0 fully saturated rings. The minimum atomic E-state index is -0.422. The summed E-state index contributed by atoms with van der Waals surface area (Å²) in [5.41, 5.74) is 8.67. The minimum absolute atomic E-state index is 0.00960. The van der Waals surface area contributed by atoms with E-state index in [0.29, 0.717) is 5.69 Å². The molecule has 0 spiro atoms. The van der Waals surface area contributed by atoms with Gasteiger partial charge in [0.1, 0.15) is 0 Å². The smallest absolute Gasteiger partial charge is 0.343 e. The first-order chi connectivity index (χ1) is 12.6. The standard InChI is InChI=1S/C20H22N4O2/c1-13-6-4-9-17(14(13)2)19(18-11-21-12-22-18)15-7-5-8-16(10-15)23-20(25)24-26-3/h4-12,19H,1-3H3,(H,21,22)(H2,23,24,25). The van der Waals surface area contributed by atoms with Crippen molar-refractivity contribution in [2.75, 3.05) is 12.4 Å². The largest absolute Gasteiger partial charge is 0.348 e.